The largest absolute Gasteiger partial charge is 0.369 e. The number of benzene rings is 2. The Kier molecular flexibility index (Phi) is 3.05. The van der Waals surface area contributed by atoms with Gasteiger partial charge in [-0.1, -0.05) is 23.7 Å². The Labute approximate surface area is 121 Å². The van der Waals surface area contributed by atoms with Crippen LogP contribution in [0.1, 0.15) is 11.1 Å². The highest BCUT2D eigenvalue weighted by molar-refractivity contribution is 6.30. The molecule has 0 bridgehead atoms. The predicted molar refractivity (Wildman–Crippen MR) is 79.4 cm³/mol. The Morgan fingerprint density at radius 1 is 1.20 bits per heavy atom. The fraction of sp³-hybridized carbons (Fsp3) is 0.0667. The van der Waals surface area contributed by atoms with Crippen LogP contribution in [0.25, 0.3) is 11.0 Å². The van der Waals surface area contributed by atoms with Gasteiger partial charge in [0.15, 0.2) is 0 Å². The lowest BCUT2D eigenvalue weighted by molar-refractivity contribution is 0.838. The summed E-state index contributed by atoms with van der Waals surface area (Å²) in [6, 6.07) is 15.0. The average molecular weight is 283 g/mol. The van der Waals surface area contributed by atoms with Crippen molar-refractivity contribution in [1.82, 2.24) is 9.55 Å². The standard InChI is InChI=1S/C15H11ClN4/c16-12-4-1-10(2-5-12)9-20-14-7-11(8-17)3-6-13(14)19-15(20)18/h1-7H,9H2,(H2,18,19). The second-order valence-corrected chi connectivity index (χ2v) is 4.93. The molecule has 0 fully saturated rings. The number of aromatic nitrogens is 2. The minimum absolute atomic E-state index is 0.435. The van der Waals surface area contributed by atoms with E-state index in [-0.39, 0.29) is 0 Å². The quantitative estimate of drug-likeness (QED) is 0.785. The molecule has 2 N–H and O–H groups in total. The van der Waals surface area contributed by atoms with Crippen molar-refractivity contribution >= 4 is 28.6 Å². The lowest BCUT2D eigenvalue weighted by Gasteiger charge is -2.07. The van der Waals surface area contributed by atoms with Gasteiger partial charge in [-0.3, -0.25) is 0 Å². The van der Waals surface area contributed by atoms with Gasteiger partial charge in [0.25, 0.3) is 0 Å². The summed E-state index contributed by atoms with van der Waals surface area (Å²) in [5.41, 5.74) is 9.28. The summed E-state index contributed by atoms with van der Waals surface area (Å²) in [6.07, 6.45) is 0. The van der Waals surface area contributed by atoms with Crippen LogP contribution in [0.2, 0.25) is 5.02 Å². The van der Waals surface area contributed by atoms with Crippen molar-refractivity contribution in [1.29, 1.82) is 5.26 Å². The SMILES string of the molecule is N#Cc1ccc2nc(N)n(Cc3ccc(Cl)cc3)c2c1. The molecule has 0 aliphatic heterocycles. The van der Waals surface area contributed by atoms with Crippen LogP contribution in [0.5, 0.6) is 0 Å². The number of anilines is 1. The number of fused-ring (bicyclic) bond motifs is 1. The van der Waals surface area contributed by atoms with Gasteiger partial charge in [-0.2, -0.15) is 5.26 Å². The molecule has 98 valence electrons. The molecule has 20 heavy (non-hydrogen) atoms. The third-order valence-electron chi connectivity index (χ3n) is 3.16. The first-order valence-corrected chi connectivity index (χ1v) is 6.45. The molecule has 0 radical (unpaired) electrons. The lowest BCUT2D eigenvalue weighted by Crippen LogP contribution is -2.04. The van der Waals surface area contributed by atoms with Crippen LogP contribution in [0.15, 0.2) is 42.5 Å². The summed E-state index contributed by atoms with van der Waals surface area (Å²) < 4.78 is 1.89. The molecule has 0 unspecified atom stereocenters. The first kappa shape index (κ1) is 12.5. The van der Waals surface area contributed by atoms with E-state index in [9.17, 15) is 0 Å². The number of halogens is 1. The van der Waals surface area contributed by atoms with Gasteiger partial charge in [0, 0.05) is 5.02 Å². The van der Waals surface area contributed by atoms with E-state index in [0.717, 1.165) is 16.6 Å². The van der Waals surface area contributed by atoms with Crippen molar-refractivity contribution in [3.63, 3.8) is 0 Å². The van der Waals surface area contributed by atoms with Crippen molar-refractivity contribution in [3.05, 3.63) is 58.6 Å². The van der Waals surface area contributed by atoms with Crippen LogP contribution in [0.3, 0.4) is 0 Å². The molecule has 5 heteroatoms. The normalized spacial score (nSPS) is 10.6. The van der Waals surface area contributed by atoms with Gasteiger partial charge in [-0.05, 0) is 35.9 Å². The highest BCUT2D eigenvalue weighted by Crippen LogP contribution is 2.21. The molecule has 0 saturated carbocycles. The van der Waals surface area contributed by atoms with Crippen molar-refractivity contribution < 1.29 is 0 Å². The van der Waals surface area contributed by atoms with Crippen LogP contribution < -0.4 is 5.73 Å². The van der Waals surface area contributed by atoms with E-state index in [1.54, 1.807) is 12.1 Å². The van der Waals surface area contributed by atoms with Crippen LogP contribution >= 0.6 is 11.6 Å². The zero-order chi connectivity index (χ0) is 14.1. The van der Waals surface area contributed by atoms with E-state index < -0.39 is 0 Å². The molecule has 0 saturated heterocycles. The van der Waals surface area contributed by atoms with E-state index in [1.807, 2.05) is 34.9 Å². The number of nitrogens with two attached hydrogens (primary N) is 1. The monoisotopic (exact) mass is 282 g/mol. The number of nitrogen functional groups attached to an aromatic ring is 1. The molecule has 2 aromatic carbocycles. The summed E-state index contributed by atoms with van der Waals surface area (Å²) in [6.45, 7) is 0.592. The maximum absolute atomic E-state index is 8.99. The Morgan fingerprint density at radius 3 is 2.65 bits per heavy atom. The van der Waals surface area contributed by atoms with Gasteiger partial charge in [-0.25, -0.2) is 4.98 Å². The van der Waals surface area contributed by atoms with Crippen molar-refractivity contribution in [3.8, 4) is 6.07 Å². The number of nitriles is 1. The van der Waals surface area contributed by atoms with Gasteiger partial charge in [0.05, 0.1) is 29.2 Å². The number of rotatable bonds is 2. The van der Waals surface area contributed by atoms with Crippen molar-refractivity contribution in [2.24, 2.45) is 0 Å². The van der Waals surface area contributed by atoms with E-state index in [0.29, 0.717) is 23.1 Å². The maximum atomic E-state index is 8.99. The molecule has 1 aromatic heterocycles. The summed E-state index contributed by atoms with van der Waals surface area (Å²) in [5, 5.41) is 9.69. The van der Waals surface area contributed by atoms with E-state index in [2.05, 4.69) is 11.1 Å². The molecule has 0 spiro atoms. The third kappa shape index (κ3) is 2.20. The zero-order valence-electron chi connectivity index (χ0n) is 10.5. The Hall–Kier alpha value is -2.51. The first-order valence-electron chi connectivity index (χ1n) is 6.07. The van der Waals surface area contributed by atoms with Crippen LogP contribution in [-0.2, 0) is 6.54 Å². The predicted octanol–water partition coefficient (Wildman–Crippen LogP) is 3.19. The van der Waals surface area contributed by atoms with Gasteiger partial charge >= 0.3 is 0 Å². The summed E-state index contributed by atoms with van der Waals surface area (Å²) in [7, 11) is 0. The molecule has 0 aliphatic rings. The number of hydrogen-bond acceptors (Lipinski definition) is 3. The van der Waals surface area contributed by atoms with Crippen LogP contribution in [0.4, 0.5) is 5.95 Å². The minimum Gasteiger partial charge on any atom is -0.369 e. The second kappa shape index (κ2) is 4.87. The molecule has 0 amide bonds. The molecule has 3 rings (SSSR count). The Balaban J connectivity index is 2.08. The number of hydrogen-bond donors (Lipinski definition) is 1. The zero-order valence-corrected chi connectivity index (χ0v) is 11.3. The molecule has 1 heterocycles. The highest BCUT2D eigenvalue weighted by Gasteiger charge is 2.09. The van der Waals surface area contributed by atoms with Gasteiger partial charge in [0.1, 0.15) is 0 Å². The minimum atomic E-state index is 0.435. The average Bonchev–Trinajstić information content (AvgIpc) is 2.77. The summed E-state index contributed by atoms with van der Waals surface area (Å²) in [4.78, 5) is 4.31. The van der Waals surface area contributed by atoms with Crippen LogP contribution in [0, 0.1) is 11.3 Å². The Bertz CT molecular complexity index is 812. The number of nitrogens with zero attached hydrogens (tertiary/aromatic N) is 3. The van der Waals surface area contributed by atoms with Crippen LogP contribution in [-0.4, -0.2) is 9.55 Å². The summed E-state index contributed by atoms with van der Waals surface area (Å²) >= 11 is 5.88. The third-order valence-corrected chi connectivity index (χ3v) is 3.41. The van der Waals surface area contributed by atoms with Gasteiger partial charge < -0.3 is 10.3 Å². The maximum Gasteiger partial charge on any atom is 0.201 e. The van der Waals surface area contributed by atoms with Gasteiger partial charge in [-0.15, -0.1) is 0 Å². The van der Waals surface area contributed by atoms with Gasteiger partial charge in [0.2, 0.25) is 5.95 Å². The molecular weight excluding hydrogens is 272 g/mol. The molecular formula is C15H11ClN4. The van der Waals surface area contributed by atoms with Crippen molar-refractivity contribution in [2.45, 2.75) is 6.54 Å². The fourth-order valence-electron chi connectivity index (χ4n) is 2.15. The first-order chi connectivity index (χ1) is 9.67. The van der Waals surface area contributed by atoms with Crippen molar-refractivity contribution in [2.75, 3.05) is 5.73 Å². The Morgan fingerprint density at radius 2 is 1.95 bits per heavy atom. The second-order valence-electron chi connectivity index (χ2n) is 4.50. The molecule has 0 aliphatic carbocycles. The molecule has 0 atom stereocenters. The highest BCUT2D eigenvalue weighted by atomic mass is 35.5. The lowest BCUT2D eigenvalue weighted by atomic mass is 10.2. The van der Waals surface area contributed by atoms with E-state index >= 15 is 0 Å². The fourth-order valence-corrected chi connectivity index (χ4v) is 2.28. The van der Waals surface area contributed by atoms with E-state index in [1.165, 1.54) is 0 Å². The van der Waals surface area contributed by atoms with E-state index in [4.69, 9.17) is 22.6 Å². The smallest absolute Gasteiger partial charge is 0.201 e. The molecule has 3 aromatic rings. The molecule has 4 nitrogen and oxygen atoms in total. The topological polar surface area (TPSA) is 67.6 Å². The summed E-state index contributed by atoms with van der Waals surface area (Å²) in [5.74, 6) is 0.435. The number of imidazole rings is 1.